The smallest absolute Gasteiger partial charge is 0.251 e. The van der Waals surface area contributed by atoms with E-state index in [9.17, 15) is 9.59 Å². The summed E-state index contributed by atoms with van der Waals surface area (Å²) >= 11 is 0. The fourth-order valence-electron chi connectivity index (χ4n) is 3.75. The number of aryl methyl sites for hydroxylation is 1. The molecule has 1 aliphatic heterocycles. The molecule has 0 aromatic heterocycles. The Balaban J connectivity index is 1.76. The van der Waals surface area contributed by atoms with Crippen molar-refractivity contribution in [3.63, 3.8) is 0 Å². The minimum absolute atomic E-state index is 0.0493. The van der Waals surface area contributed by atoms with Gasteiger partial charge in [0, 0.05) is 24.7 Å². The molecule has 5 heteroatoms. The summed E-state index contributed by atoms with van der Waals surface area (Å²) in [7, 11) is 0. The van der Waals surface area contributed by atoms with Crippen molar-refractivity contribution in [3.8, 4) is 0 Å². The molecular weight excluding hydrogens is 350 g/mol. The monoisotopic (exact) mass is 379 g/mol. The molecule has 148 valence electrons. The number of rotatable bonds is 6. The van der Waals surface area contributed by atoms with Crippen molar-refractivity contribution in [1.82, 2.24) is 10.2 Å². The lowest BCUT2D eigenvalue weighted by Crippen LogP contribution is -2.48. The molecule has 5 nitrogen and oxygen atoms in total. The summed E-state index contributed by atoms with van der Waals surface area (Å²) in [6.45, 7) is 3.21. The number of amides is 2. The lowest BCUT2D eigenvalue weighted by atomic mass is 9.98. The van der Waals surface area contributed by atoms with E-state index in [1.165, 1.54) is 0 Å². The van der Waals surface area contributed by atoms with E-state index in [1.807, 2.05) is 66.4 Å². The fraction of sp³-hybridized carbons (Fsp3) is 0.391. The maximum atomic E-state index is 13.0. The second-order valence-electron chi connectivity index (χ2n) is 7.48. The molecule has 2 unspecified atom stereocenters. The number of nitrogens with two attached hydrogens (primary N) is 1. The van der Waals surface area contributed by atoms with Gasteiger partial charge in [-0.1, -0.05) is 48.0 Å². The zero-order chi connectivity index (χ0) is 19.9. The first-order valence-electron chi connectivity index (χ1n) is 10.0. The van der Waals surface area contributed by atoms with E-state index in [2.05, 4.69) is 5.32 Å². The molecule has 0 radical (unpaired) electrons. The number of nitrogens with zero attached hydrogens (tertiary/aromatic N) is 1. The first kappa shape index (κ1) is 20.1. The Kier molecular flexibility index (Phi) is 6.82. The Morgan fingerprint density at radius 3 is 2.50 bits per heavy atom. The van der Waals surface area contributed by atoms with Gasteiger partial charge in [0.15, 0.2) is 0 Å². The van der Waals surface area contributed by atoms with E-state index in [-0.39, 0.29) is 30.3 Å². The van der Waals surface area contributed by atoms with Gasteiger partial charge >= 0.3 is 0 Å². The lowest BCUT2D eigenvalue weighted by Gasteiger charge is -2.36. The molecule has 0 bridgehead atoms. The van der Waals surface area contributed by atoms with Crippen LogP contribution in [0.15, 0.2) is 54.6 Å². The highest BCUT2D eigenvalue weighted by molar-refractivity contribution is 5.94. The normalized spacial score (nSPS) is 17.8. The van der Waals surface area contributed by atoms with Crippen molar-refractivity contribution in [1.29, 1.82) is 0 Å². The summed E-state index contributed by atoms with van der Waals surface area (Å²) in [4.78, 5) is 27.7. The summed E-state index contributed by atoms with van der Waals surface area (Å²) in [6, 6.07) is 16.9. The number of nitrogens with one attached hydrogen (secondary N) is 1. The summed E-state index contributed by atoms with van der Waals surface area (Å²) in [6.07, 6.45) is 3.30. The molecule has 0 saturated carbocycles. The topological polar surface area (TPSA) is 75.4 Å². The van der Waals surface area contributed by atoms with Gasteiger partial charge in [-0.2, -0.15) is 0 Å². The summed E-state index contributed by atoms with van der Waals surface area (Å²) in [5.41, 5.74) is 8.50. The van der Waals surface area contributed by atoms with E-state index >= 15 is 0 Å². The van der Waals surface area contributed by atoms with E-state index in [4.69, 9.17) is 5.73 Å². The quantitative estimate of drug-likeness (QED) is 0.809. The molecule has 1 aliphatic rings. The van der Waals surface area contributed by atoms with Crippen LogP contribution in [0.25, 0.3) is 0 Å². The van der Waals surface area contributed by atoms with Gasteiger partial charge in [-0.25, -0.2) is 0 Å². The van der Waals surface area contributed by atoms with Crippen molar-refractivity contribution in [3.05, 3.63) is 71.3 Å². The van der Waals surface area contributed by atoms with Crippen molar-refractivity contribution < 1.29 is 9.59 Å². The Labute approximate surface area is 166 Å². The summed E-state index contributed by atoms with van der Waals surface area (Å²) in [5.74, 6) is -0.121. The molecule has 28 heavy (non-hydrogen) atoms. The van der Waals surface area contributed by atoms with Gasteiger partial charge < -0.3 is 16.0 Å². The Morgan fingerprint density at radius 2 is 1.82 bits per heavy atom. The highest BCUT2D eigenvalue weighted by Crippen LogP contribution is 2.23. The van der Waals surface area contributed by atoms with Crippen LogP contribution < -0.4 is 11.1 Å². The number of carbonyl (C=O) groups excluding carboxylic acids is 2. The molecular formula is C23H29N3O2. The van der Waals surface area contributed by atoms with Gasteiger partial charge in [0.2, 0.25) is 5.91 Å². The van der Waals surface area contributed by atoms with E-state index < -0.39 is 0 Å². The maximum absolute atomic E-state index is 13.0. The number of hydrogen-bond donors (Lipinski definition) is 2. The highest BCUT2D eigenvalue weighted by Gasteiger charge is 2.28. The van der Waals surface area contributed by atoms with Crippen LogP contribution in [0, 0.1) is 6.92 Å². The van der Waals surface area contributed by atoms with Crippen LogP contribution >= 0.6 is 0 Å². The van der Waals surface area contributed by atoms with Crippen molar-refractivity contribution >= 4 is 11.8 Å². The van der Waals surface area contributed by atoms with Crippen molar-refractivity contribution in [2.75, 3.05) is 13.1 Å². The summed E-state index contributed by atoms with van der Waals surface area (Å²) < 4.78 is 0. The van der Waals surface area contributed by atoms with Crippen LogP contribution in [0.3, 0.4) is 0 Å². The SMILES string of the molecule is Cc1ccc(C(=O)NC(CC(=O)N2CCCCC2CN)c2ccccc2)cc1. The van der Waals surface area contributed by atoms with E-state index in [0.717, 1.165) is 36.9 Å². The standard InChI is InChI=1S/C23H29N3O2/c1-17-10-12-19(13-11-17)23(28)25-21(18-7-3-2-4-8-18)15-22(27)26-14-6-5-9-20(26)16-24/h2-4,7-8,10-13,20-21H,5-6,9,14-16,24H2,1H3,(H,25,28). The Morgan fingerprint density at radius 1 is 1.11 bits per heavy atom. The first-order valence-corrected chi connectivity index (χ1v) is 10.0. The Hall–Kier alpha value is -2.66. The van der Waals surface area contributed by atoms with E-state index in [1.54, 1.807) is 0 Å². The molecule has 0 spiro atoms. The minimum atomic E-state index is -0.372. The van der Waals surface area contributed by atoms with Gasteiger partial charge in [-0.15, -0.1) is 0 Å². The van der Waals surface area contributed by atoms with Gasteiger partial charge in [0.1, 0.15) is 0 Å². The van der Waals surface area contributed by atoms with Crippen LogP contribution in [0.4, 0.5) is 0 Å². The third-order valence-electron chi connectivity index (χ3n) is 5.42. The summed E-state index contributed by atoms with van der Waals surface area (Å²) in [5, 5.41) is 3.05. The largest absolute Gasteiger partial charge is 0.345 e. The van der Waals surface area contributed by atoms with Crippen molar-refractivity contribution in [2.24, 2.45) is 5.73 Å². The second kappa shape index (κ2) is 9.51. The van der Waals surface area contributed by atoms with Gasteiger partial charge in [-0.05, 0) is 43.9 Å². The minimum Gasteiger partial charge on any atom is -0.345 e. The third kappa shape index (κ3) is 4.98. The van der Waals surface area contributed by atoms with Crippen LogP contribution in [0.1, 0.15) is 53.2 Å². The van der Waals surface area contributed by atoms with Crippen LogP contribution in [-0.2, 0) is 4.79 Å². The molecule has 1 saturated heterocycles. The second-order valence-corrected chi connectivity index (χ2v) is 7.48. The van der Waals surface area contributed by atoms with Gasteiger partial charge in [0.05, 0.1) is 12.5 Å². The number of carbonyl (C=O) groups is 2. The average molecular weight is 380 g/mol. The predicted octanol–water partition coefficient (Wildman–Crippen LogP) is 3.20. The van der Waals surface area contributed by atoms with Crippen LogP contribution in [0.2, 0.25) is 0 Å². The molecule has 3 N–H and O–H groups in total. The molecule has 1 fully saturated rings. The van der Waals surface area contributed by atoms with Crippen LogP contribution in [-0.4, -0.2) is 35.8 Å². The number of hydrogen-bond acceptors (Lipinski definition) is 3. The van der Waals surface area contributed by atoms with Crippen LogP contribution in [0.5, 0.6) is 0 Å². The van der Waals surface area contributed by atoms with Gasteiger partial charge in [0.25, 0.3) is 5.91 Å². The number of piperidine rings is 1. The predicted molar refractivity (Wildman–Crippen MR) is 111 cm³/mol. The maximum Gasteiger partial charge on any atom is 0.251 e. The zero-order valence-electron chi connectivity index (χ0n) is 16.4. The third-order valence-corrected chi connectivity index (χ3v) is 5.42. The van der Waals surface area contributed by atoms with Gasteiger partial charge in [-0.3, -0.25) is 9.59 Å². The molecule has 2 aromatic rings. The Bertz CT molecular complexity index is 789. The zero-order valence-corrected chi connectivity index (χ0v) is 16.4. The molecule has 1 heterocycles. The lowest BCUT2D eigenvalue weighted by molar-refractivity contribution is -0.135. The van der Waals surface area contributed by atoms with Crippen molar-refractivity contribution in [2.45, 2.75) is 44.7 Å². The average Bonchev–Trinajstić information content (AvgIpc) is 2.74. The first-order chi connectivity index (χ1) is 13.6. The highest BCUT2D eigenvalue weighted by atomic mass is 16.2. The number of benzene rings is 2. The van der Waals surface area contributed by atoms with E-state index in [0.29, 0.717) is 12.1 Å². The number of likely N-dealkylation sites (tertiary alicyclic amines) is 1. The molecule has 3 rings (SSSR count). The molecule has 2 aromatic carbocycles. The molecule has 2 atom stereocenters. The molecule has 0 aliphatic carbocycles. The molecule has 2 amide bonds. The fourth-order valence-corrected chi connectivity index (χ4v) is 3.75.